The normalized spacial score (nSPS) is 33.0. The van der Waals surface area contributed by atoms with Gasteiger partial charge in [0.05, 0.1) is 11.4 Å². The van der Waals surface area contributed by atoms with Crippen LogP contribution in [0, 0.1) is 5.92 Å². The molecule has 2 heterocycles. The Morgan fingerprint density at radius 1 is 1.33 bits per heavy atom. The van der Waals surface area contributed by atoms with Gasteiger partial charge in [-0.1, -0.05) is 25.8 Å². The van der Waals surface area contributed by atoms with E-state index in [4.69, 9.17) is 0 Å². The van der Waals surface area contributed by atoms with Crippen LogP contribution < -0.4 is 10.2 Å². The van der Waals surface area contributed by atoms with Gasteiger partial charge in [-0.3, -0.25) is 4.79 Å². The largest absolute Gasteiger partial charge is 0.348 e. The predicted octanol–water partition coefficient (Wildman–Crippen LogP) is 2.16. The van der Waals surface area contributed by atoms with Crippen LogP contribution in [0.5, 0.6) is 0 Å². The summed E-state index contributed by atoms with van der Waals surface area (Å²) in [6, 6.07) is 5.30. The summed E-state index contributed by atoms with van der Waals surface area (Å²) < 4.78 is 0. The molecule has 1 aromatic rings. The molecule has 21 heavy (non-hydrogen) atoms. The van der Waals surface area contributed by atoms with Crippen molar-refractivity contribution in [1.29, 1.82) is 0 Å². The number of rotatable bonds is 4. The van der Waals surface area contributed by atoms with Crippen LogP contribution in [0.3, 0.4) is 0 Å². The minimum atomic E-state index is 0.257. The van der Waals surface area contributed by atoms with Crippen molar-refractivity contribution < 1.29 is 9.69 Å². The molecule has 1 amide bonds. The Balaban J connectivity index is 1.54. The van der Waals surface area contributed by atoms with Crippen molar-refractivity contribution in [2.24, 2.45) is 5.92 Å². The van der Waals surface area contributed by atoms with E-state index in [-0.39, 0.29) is 5.91 Å². The van der Waals surface area contributed by atoms with Gasteiger partial charge in [-0.25, -0.2) is 0 Å². The fraction of sp³-hybridized carbons (Fsp3) is 0.706. The summed E-state index contributed by atoms with van der Waals surface area (Å²) in [7, 11) is 0. The maximum absolute atomic E-state index is 12.4. The van der Waals surface area contributed by atoms with Crippen molar-refractivity contribution in [3.05, 3.63) is 22.4 Å². The van der Waals surface area contributed by atoms with E-state index >= 15 is 0 Å². The maximum Gasteiger partial charge on any atom is 0.275 e. The van der Waals surface area contributed by atoms with Crippen molar-refractivity contribution in [3.8, 4) is 0 Å². The molecule has 4 atom stereocenters. The van der Waals surface area contributed by atoms with Crippen molar-refractivity contribution in [2.75, 3.05) is 13.1 Å². The van der Waals surface area contributed by atoms with Crippen molar-refractivity contribution in [1.82, 2.24) is 5.32 Å². The van der Waals surface area contributed by atoms with E-state index in [1.165, 1.54) is 41.9 Å². The van der Waals surface area contributed by atoms with Gasteiger partial charge in [0.15, 0.2) is 6.54 Å². The lowest BCUT2D eigenvalue weighted by Gasteiger charge is -2.30. The fourth-order valence-corrected chi connectivity index (χ4v) is 4.87. The number of hydrogen-bond acceptors (Lipinski definition) is 2. The van der Waals surface area contributed by atoms with E-state index in [1.54, 1.807) is 0 Å². The highest BCUT2D eigenvalue weighted by Gasteiger charge is 2.33. The Hall–Kier alpha value is -0.870. The van der Waals surface area contributed by atoms with Gasteiger partial charge < -0.3 is 10.2 Å². The summed E-state index contributed by atoms with van der Waals surface area (Å²) in [5.74, 6) is 0.900. The Kier molecular flexibility index (Phi) is 4.96. The van der Waals surface area contributed by atoms with Crippen molar-refractivity contribution >= 4 is 17.2 Å². The van der Waals surface area contributed by atoms with Crippen LogP contribution in [-0.4, -0.2) is 25.0 Å². The summed E-state index contributed by atoms with van der Waals surface area (Å²) in [5, 5.41) is 5.45. The lowest BCUT2D eigenvalue weighted by molar-refractivity contribution is -0.910. The van der Waals surface area contributed by atoms with Crippen LogP contribution in [0.25, 0.3) is 0 Å². The summed E-state index contributed by atoms with van der Waals surface area (Å²) in [5.41, 5.74) is 0. The number of nitrogens with one attached hydrogen (secondary N) is 2. The maximum atomic E-state index is 12.4. The van der Waals surface area contributed by atoms with Crippen LogP contribution in [-0.2, 0) is 4.79 Å². The number of hydrogen-bond donors (Lipinski definition) is 2. The lowest BCUT2D eigenvalue weighted by Crippen LogP contribution is -3.11. The highest BCUT2D eigenvalue weighted by atomic mass is 32.1. The van der Waals surface area contributed by atoms with Crippen LogP contribution in [0.15, 0.2) is 17.5 Å². The number of likely N-dealkylation sites (tertiary alicyclic amines) is 1. The molecule has 4 heteroatoms. The van der Waals surface area contributed by atoms with Crippen LogP contribution >= 0.6 is 11.3 Å². The SMILES string of the molecule is C[C@H]1CCCC[C@@H]1NC(=O)C[NH+]1CCC[C@@H]1c1cccs1. The highest BCUT2D eigenvalue weighted by molar-refractivity contribution is 7.10. The Morgan fingerprint density at radius 3 is 2.95 bits per heavy atom. The average Bonchev–Trinajstić information content (AvgIpc) is 3.11. The quantitative estimate of drug-likeness (QED) is 0.878. The first kappa shape index (κ1) is 15.0. The van der Waals surface area contributed by atoms with Crippen molar-refractivity contribution in [3.63, 3.8) is 0 Å². The summed E-state index contributed by atoms with van der Waals surface area (Å²) in [4.78, 5) is 15.3. The lowest BCUT2D eigenvalue weighted by atomic mass is 9.86. The second-order valence-electron chi connectivity index (χ2n) is 6.73. The molecule has 0 spiro atoms. The predicted molar refractivity (Wildman–Crippen MR) is 86.6 cm³/mol. The van der Waals surface area contributed by atoms with Gasteiger partial charge in [0, 0.05) is 18.9 Å². The Bertz CT molecular complexity index is 459. The van der Waals surface area contributed by atoms with Crippen LogP contribution in [0.2, 0.25) is 0 Å². The number of carbonyl (C=O) groups excluding carboxylic acids is 1. The van der Waals surface area contributed by atoms with E-state index < -0.39 is 0 Å². The zero-order chi connectivity index (χ0) is 14.7. The minimum Gasteiger partial charge on any atom is -0.348 e. The van der Waals surface area contributed by atoms with Gasteiger partial charge in [-0.2, -0.15) is 0 Å². The molecule has 1 aliphatic heterocycles. The molecule has 1 aliphatic carbocycles. The second kappa shape index (κ2) is 6.93. The Labute approximate surface area is 131 Å². The van der Waals surface area contributed by atoms with Gasteiger partial charge in [-0.15, -0.1) is 11.3 Å². The number of amides is 1. The monoisotopic (exact) mass is 307 g/mol. The summed E-state index contributed by atoms with van der Waals surface area (Å²) >= 11 is 1.83. The zero-order valence-corrected chi connectivity index (χ0v) is 13.8. The zero-order valence-electron chi connectivity index (χ0n) is 12.9. The summed E-state index contributed by atoms with van der Waals surface area (Å²) in [6.07, 6.45) is 7.49. The molecule has 1 aromatic heterocycles. The topological polar surface area (TPSA) is 33.5 Å². The third kappa shape index (κ3) is 3.67. The third-order valence-corrected chi connectivity index (χ3v) is 6.20. The average molecular weight is 307 g/mol. The van der Waals surface area contributed by atoms with Crippen LogP contribution in [0.4, 0.5) is 0 Å². The van der Waals surface area contributed by atoms with E-state index in [0.29, 0.717) is 24.5 Å². The molecule has 0 bridgehead atoms. The van der Waals surface area contributed by atoms with Gasteiger partial charge in [-0.05, 0) is 30.2 Å². The third-order valence-electron chi connectivity index (χ3n) is 5.22. The molecule has 3 nitrogen and oxygen atoms in total. The molecule has 2 fully saturated rings. The molecule has 1 saturated carbocycles. The molecule has 2 aliphatic rings. The highest BCUT2D eigenvalue weighted by Crippen LogP contribution is 2.24. The molecule has 1 saturated heterocycles. The molecule has 116 valence electrons. The smallest absolute Gasteiger partial charge is 0.275 e. The summed E-state index contributed by atoms with van der Waals surface area (Å²) in [6.45, 7) is 4.06. The fourth-order valence-electron chi connectivity index (χ4n) is 3.95. The second-order valence-corrected chi connectivity index (χ2v) is 7.71. The molecular formula is C17H27N2OS+. The Morgan fingerprint density at radius 2 is 2.19 bits per heavy atom. The molecule has 1 unspecified atom stereocenters. The molecular weight excluding hydrogens is 280 g/mol. The first-order chi connectivity index (χ1) is 10.2. The standard InChI is InChI=1S/C17H26N2OS/c1-13-6-2-3-7-14(13)18-17(20)12-19-10-4-8-15(19)16-9-5-11-21-16/h5,9,11,13-15H,2-4,6-8,10,12H2,1H3,(H,18,20)/p+1/t13-,14-,15+/m0/s1. The minimum absolute atomic E-state index is 0.257. The van der Waals surface area contributed by atoms with Crippen LogP contribution in [0.1, 0.15) is 56.4 Å². The number of quaternary nitrogens is 1. The molecule has 0 radical (unpaired) electrons. The number of carbonyl (C=O) groups is 1. The first-order valence-electron chi connectivity index (χ1n) is 8.41. The van der Waals surface area contributed by atoms with E-state index in [1.807, 2.05) is 11.3 Å². The van der Waals surface area contributed by atoms with Gasteiger partial charge in [0.2, 0.25) is 0 Å². The first-order valence-corrected chi connectivity index (χ1v) is 9.29. The van der Waals surface area contributed by atoms with E-state index in [2.05, 4.69) is 29.8 Å². The van der Waals surface area contributed by atoms with Crippen molar-refractivity contribution in [2.45, 2.75) is 57.5 Å². The molecule has 0 aromatic carbocycles. The molecule has 2 N–H and O–H groups in total. The number of thiophene rings is 1. The van der Waals surface area contributed by atoms with E-state index in [0.717, 1.165) is 13.0 Å². The van der Waals surface area contributed by atoms with E-state index in [9.17, 15) is 4.79 Å². The van der Waals surface area contributed by atoms with Gasteiger partial charge in [0.25, 0.3) is 5.91 Å². The van der Waals surface area contributed by atoms with Gasteiger partial charge in [0.1, 0.15) is 6.04 Å². The molecule has 3 rings (SSSR count). The van der Waals surface area contributed by atoms with Gasteiger partial charge >= 0.3 is 0 Å².